The van der Waals surface area contributed by atoms with Crippen molar-refractivity contribution in [2.45, 2.75) is 19.3 Å². The zero-order valence-corrected chi connectivity index (χ0v) is 37.3. The van der Waals surface area contributed by atoms with Crippen LogP contribution in [0.2, 0.25) is 0 Å². The minimum Gasteiger partial charge on any atom is -0.307 e. The fraction of sp³-hybridized carbons (Fsp3) is 0.0476. The van der Waals surface area contributed by atoms with E-state index in [9.17, 15) is 10.5 Å². The predicted molar refractivity (Wildman–Crippen MR) is 279 cm³/mol. The zero-order chi connectivity index (χ0) is 45.4. The molecule has 0 radical (unpaired) electrons. The Balaban J connectivity index is 1.28. The average molecular weight is 866 g/mol. The van der Waals surface area contributed by atoms with Crippen LogP contribution >= 0.6 is 0 Å². The van der Waals surface area contributed by atoms with E-state index in [0.717, 1.165) is 92.9 Å². The molecule has 0 N–H and O–H groups in total. The summed E-state index contributed by atoms with van der Waals surface area (Å²) in [6.45, 7) is 4.60. The van der Waals surface area contributed by atoms with E-state index in [2.05, 4.69) is 240 Å². The van der Waals surface area contributed by atoms with Gasteiger partial charge in [-0.05, 0) is 87.1 Å². The smallest absolute Gasteiger partial charge is 0.104 e. The summed E-state index contributed by atoms with van der Waals surface area (Å²) in [5, 5.41) is 33.2. The van der Waals surface area contributed by atoms with Crippen molar-refractivity contribution in [3.63, 3.8) is 0 Å². The molecule has 5 heteroatoms. The molecule has 5 nitrogen and oxygen atoms in total. The van der Waals surface area contributed by atoms with E-state index in [-0.39, 0.29) is 5.41 Å². The van der Waals surface area contributed by atoms with Crippen molar-refractivity contribution in [3.05, 3.63) is 222 Å². The molecule has 0 fully saturated rings. The Hall–Kier alpha value is -9.16. The van der Waals surface area contributed by atoms with E-state index >= 15 is 0 Å². The highest BCUT2D eigenvalue weighted by Gasteiger charge is 2.37. The molecule has 14 rings (SSSR count). The number of aromatic nitrogens is 3. The number of benzene rings is 10. The van der Waals surface area contributed by atoms with Crippen molar-refractivity contribution < 1.29 is 0 Å². The van der Waals surface area contributed by atoms with Crippen LogP contribution in [0.3, 0.4) is 0 Å². The molecule has 3 aromatic heterocycles. The van der Waals surface area contributed by atoms with Gasteiger partial charge in [-0.3, -0.25) is 0 Å². The van der Waals surface area contributed by atoms with Crippen molar-refractivity contribution >= 4 is 76.2 Å². The molecule has 68 heavy (non-hydrogen) atoms. The maximum Gasteiger partial charge on any atom is 0.104 e. The molecule has 0 saturated carbocycles. The van der Waals surface area contributed by atoms with Crippen LogP contribution in [0.5, 0.6) is 0 Å². The SMILES string of the molecule is CC1(C)c2ccccc2-c2cc(-c3c(-n4c5ccccc5c5ccccc54)c(C#N)c(-n4c5ccccc5c5cc6ccccc6cc54)c(C#N)c3-n3c4ccccc4c4ccccc43)ccc21. The average Bonchev–Trinajstić information content (AvgIpc) is 4.07. The van der Waals surface area contributed by atoms with Gasteiger partial charge in [0.25, 0.3) is 0 Å². The number of nitriles is 2. The number of para-hydroxylation sites is 5. The van der Waals surface area contributed by atoms with Gasteiger partial charge >= 0.3 is 0 Å². The Labute approximate surface area is 391 Å². The summed E-state index contributed by atoms with van der Waals surface area (Å²) >= 11 is 0. The van der Waals surface area contributed by atoms with Crippen molar-refractivity contribution in [1.29, 1.82) is 10.5 Å². The van der Waals surface area contributed by atoms with Crippen LogP contribution in [0, 0.1) is 22.7 Å². The monoisotopic (exact) mass is 865 g/mol. The highest BCUT2D eigenvalue weighted by molar-refractivity contribution is 6.16. The number of hydrogen-bond donors (Lipinski definition) is 0. The van der Waals surface area contributed by atoms with Crippen molar-refractivity contribution in [3.8, 4) is 51.5 Å². The van der Waals surface area contributed by atoms with Gasteiger partial charge in [0.05, 0.1) is 50.2 Å². The summed E-state index contributed by atoms with van der Waals surface area (Å²) in [6, 6.07) is 76.5. The van der Waals surface area contributed by atoms with E-state index in [1.165, 1.54) is 16.7 Å². The van der Waals surface area contributed by atoms with Gasteiger partial charge in [-0.25, -0.2) is 0 Å². The Bertz CT molecular complexity index is 4180. The van der Waals surface area contributed by atoms with Crippen LogP contribution in [-0.4, -0.2) is 13.7 Å². The highest BCUT2D eigenvalue weighted by atomic mass is 15.1. The second-order valence-corrected chi connectivity index (χ2v) is 18.6. The van der Waals surface area contributed by atoms with Crippen LogP contribution in [0.15, 0.2) is 200 Å². The van der Waals surface area contributed by atoms with Crippen molar-refractivity contribution in [2.75, 3.05) is 0 Å². The lowest BCUT2D eigenvalue weighted by Crippen LogP contribution is -2.15. The number of nitrogens with zero attached hydrogens (tertiary/aromatic N) is 5. The molecule has 0 aliphatic heterocycles. The van der Waals surface area contributed by atoms with Crippen LogP contribution in [0.1, 0.15) is 36.1 Å². The topological polar surface area (TPSA) is 62.4 Å². The van der Waals surface area contributed by atoms with E-state index in [4.69, 9.17) is 0 Å². The fourth-order valence-corrected chi connectivity index (χ4v) is 12.0. The van der Waals surface area contributed by atoms with Gasteiger partial charge in [0.15, 0.2) is 0 Å². The molecule has 1 aliphatic rings. The van der Waals surface area contributed by atoms with Gasteiger partial charge in [0.1, 0.15) is 23.3 Å². The summed E-state index contributed by atoms with van der Waals surface area (Å²) in [5.74, 6) is 0. The lowest BCUT2D eigenvalue weighted by molar-refractivity contribution is 0.660. The molecule has 0 atom stereocenters. The Morgan fingerprint density at radius 3 is 1.25 bits per heavy atom. The summed E-state index contributed by atoms with van der Waals surface area (Å²) in [5.41, 5.74) is 14.9. The minimum atomic E-state index is -0.226. The van der Waals surface area contributed by atoms with E-state index < -0.39 is 0 Å². The summed E-state index contributed by atoms with van der Waals surface area (Å²) < 4.78 is 6.80. The Morgan fingerprint density at radius 1 is 0.353 bits per heavy atom. The lowest BCUT2D eigenvalue weighted by atomic mass is 9.82. The van der Waals surface area contributed by atoms with Crippen LogP contribution in [0.4, 0.5) is 0 Å². The van der Waals surface area contributed by atoms with Gasteiger partial charge in [-0.1, -0.05) is 166 Å². The lowest BCUT2D eigenvalue weighted by Gasteiger charge is -2.27. The molecule has 0 saturated heterocycles. The van der Waals surface area contributed by atoms with Crippen LogP contribution in [0.25, 0.3) is 116 Å². The molecule has 0 bridgehead atoms. The van der Waals surface area contributed by atoms with Crippen LogP contribution in [-0.2, 0) is 5.41 Å². The largest absolute Gasteiger partial charge is 0.307 e. The highest BCUT2D eigenvalue weighted by Crippen LogP contribution is 2.53. The van der Waals surface area contributed by atoms with Gasteiger partial charge in [-0.15, -0.1) is 0 Å². The first-order valence-corrected chi connectivity index (χ1v) is 23.1. The van der Waals surface area contributed by atoms with Gasteiger partial charge in [0, 0.05) is 43.3 Å². The standard InChI is InChI=1S/C63H39N5/c1-63(2)51-25-11-5-19-41(51)47-34-40(31-32-52(47)63)59-61(66-53-26-12-6-20-42(53)43-21-7-13-27-54(43)66)49(36-64)60(50(37-65)62(59)67-55-28-14-8-22-44(55)45-23-9-15-29-56(45)67)68-57-30-16-10-24-46(57)48-33-38-17-3-4-18-39(38)35-58(48)68/h3-35H,1-2H3. The first-order valence-electron chi connectivity index (χ1n) is 23.1. The summed E-state index contributed by atoms with van der Waals surface area (Å²) in [4.78, 5) is 0. The molecule has 316 valence electrons. The van der Waals surface area contributed by atoms with Gasteiger partial charge in [-0.2, -0.15) is 10.5 Å². The summed E-state index contributed by atoms with van der Waals surface area (Å²) in [7, 11) is 0. The molecule has 1 aliphatic carbocycles. The molecule has 0 spiro atoms. The van der Waals surface area contributed by atoms with Gasteiger partial charge < -0.3 is 13.7 Å². The first kappa shape index (κ1) is 38.1. The molecule has 0 unspecified atom stereocenters. The van der Waals surface area contributed by atoms with Gasteiger partial charge in [0.2, 0.25) is 0 Å². The summed E-state index contributed by atoms with van der Waals surface area (Å²) in [6.07, 6.45) is 0. The number of fused-ring (bicyclic) bond motifs is 13. The third-order valence-electron chi connectivity index (χ3n) is 14.9. The first-order chi connectivity index (χ1) is 33.5. The van der Waals surface area contributed by atoms with E-state index in [0.29, 0.717) is 28.2 Å². The Morgan fingerprint density at radius 2 is 0.750 bits per heavy atom. The van der Waals surface area contributed by atoms with Crippen molar-refractivity contribution in [1.82, 2.24) is 13.7 Å². The van der Waals surface area contributed by atoms with Crippen molar-refractivity contribution in [2.24, 2.45) is 0 Å². The predicted octanol–water partition coefficient (Wildman–Crippen LogP) is 15.8. The molecular formula is C63H39N5. The Kier molecular flexibility index (Phi) is 7.81. The van der Waals surface area contributed by atoms with Crippen LogP contribution < -0.4 is 0 Å². The normalized spacial score (nSPS) is 12.9. The second kappa shape index (κ2) is 13.9. The third kappa shape index (κ3) is 4.97. The number of rotatable bonds is 4. The minimum absolute atomic E-state index is 0.226. The maximum absolute atomic E-state index is 12.3. The maximum atomic E-state index is 12.3. The molecule has 10 aromatic carbocycles. The molecule has 0 amide bonds. The van der Waals surface area contributed by atoms with E-state index in [1.807, 2.05) is 0 Å². The molecule has 13 aromatic rings. The quantitative estimate of drug-likeness (QED) is 0.177. The molecular weight excluding hydrogens is 827 g/mol. The fourth-order valence-electron chi connectivity index (χ4n) is 12.0. The zero-order valence-electron chi connectivity index (χ0n) is 37.3. The second-order valence-electron chi connectivity index (χ2n) is 18.6. The number of hydrogen-bond acceptors (Lipinski definition) is 2. The molecule has 3 heterocycles. The van der Waals surface area contributed by atoms with E-state index in [1.54, 1.807) is 0 Å². The third-order valence-corrected chi connectivity index (χ3v) is 14.9.